The average Bonchev–Trinajstić information content (AvgIpc) is 3.01. The minimum Gasteiger partial charge on any atom is -0.338 e. The van der Waals surface area contributed by atoms with Gasteiger partial charge in [-0.05, 0) is 44.2 Å². The van der Waals surface area contributed by atoms with Crippen molar-refractivity contribution in [2.45, 2.75) is 45.8 Å². The van der Waals surface area contributed by atoms with Crippen LogP contribution < -0.4 is 0 Å². The van der Waals surface area contributed by atoms with Crippen LogP contribution in [0.3, 0.4) is 0 Å². The van der Waals surface area contributed by atoms with Crippen molar-refractivity contribution in [3.8, 4) is 0 Å². The summed E-state index contributed by atoms with van der Waals surface area (Å²) in [6.45, 7) is 7.19. The lowest BCUT2D eigenvalue weighted by molar-refractivity contribution is -0.141. The first-order chi connectivity index (χ1) is 9.95. The van der Waals surface area contributed by atoms with E-state index < -0.39 is 0 Å². The summed E-state index contributed by atoms with van der Waals surface area (Å²) >= 11 is 7.35. The van der Waals surface area contributed by atoms with Crippen LogP contribution in [0.1, 0.15) is 30.7 Å². The van der Waals surface area contributed by atoms with Crippen LogP contribution in [0.5, 0.6) is 0 Å². The van der Waals surface area contributed by atoms with E-state index >= 15 is 0 Å². The molecular weight excluding hydrogens is 308 g/mol. The van der Waals surface area contributed by atoms with E-state index in [0.717, 1.165) is 10.4 Å². The fourth-order valence-electron chi connectivity index (χ4n) is 2.66. The number of likely N-dealkylation sites (tertiary alicyclic amines) is 1. The second-order valence-electron chi connectivity index (χ2n) is 5.61. The highest BCUT2D eigenvalue weighted by Crippen LogP contribution is 2.25. The molecule has 1 saturated heterocycles. The van der Waals surface area contributed by atoms with Gasteiger partial charge in [0, 0.05) is 17.5 Å². The van der Waals surface area contributed by atoms with Crippen LogP contribution in [0.25, 0.3) is 0 Å². The van der Waals surface area contributed by atoms with E-state index in [2.05, 4.69) is 0 Å². The van der Waals surface area contributed by atoms with E-state index in [1.807, 2.05) is 37.1 Å². The van der Waals surface area contributed by atoms with Gasteiger partial charge in [-0.15, -0.1) is 22.9 Å². The molecule has 0 bridgehead atoms. The van der Waals surface area contributed by atoms with E-state index in [4.69, 9.17) is 11.6 Å². The maximum absolute atomic E-state index is 12.5. The molecule has 0 aromatic carbocycles. The number of alkyl halides is 1. The molecule has 2 amide bonds. The number of carbonyl (C=O) groups excluding carboxylic acids is 2. The quantitative estimate of drug-likeness (QED) is 0.780. The molecule has 1 aliphatic heterocycles. The number of thiophene rings is 1. The van der Waals surface area contributed by atoms with Crippen molar-refractivity contribution in [1.82, 2.24) is 9.80 Å². The van der Waals surface area contributed by atoms with Crippen LogP contribution in [-0.2, 0) is 16.1 Å². The zero-order chi connectivity index (χ0) is 15.6. The lowest BCUT2D eigenvalue weighted by Gasteiger charge is -2.28. The van der Waals surface area contributed by atoms with Crippen molar-refractivity contribution in [3.63, 3.8) is 0 Å². The number of rotatable bonds is 5. The largest absolute Gasteiger partial charge is 0.338 e. The van der Waals surface area contributed by atoms with Crippen molar-refractivity contribution in [1.29, 1.82) is 0 Å². The topological polar surface area (TPSA) is 40.6 Å². The molecule has 0 N–H and O–H groups in total. The molecular formula is C15H21ClN2O2S. The van der Waals surface area contributed by atoms with Crippen LogP contribution in [0.2, 0.25) is 0 Å². The number of hydrogen-bond donors (Lipinski definition) is 0. The van der Waals surface area contributed by atoms with Gasteiger partial charge in [0.15, 0.2) is 0 Å². The normalized spacial score (nSPS) is 18.6. The predicted octanol–water partition coefficient (Wildman–Crippen LogP) is 2.63. The molecule has 6 heteroatoms. The van der Waals surface area contributed by atoms with Gasteiger partial charge in [0.05, 0.1) is 6.54 Å². The van der Waals surface area contributed by atoms with Gasteiger partial charge in [-0.25, -0.2) is 0 Å². The Labute approximate surface area is 134 Å². The highest BCUT2D eigenvalue weighted by atomic mass is 35.5. The Balaban J connectivity index is 2.19. The lowest BCUT2D eigenvalue weighted by atomic mass is 10.2. The van der Waals surface area contributed by atoms with Crippen LogP contribution in [-0.4, -0.2) is 46.1 Å². The molecule has 2 rings (SSSR count). The minimum absolute atomic E-state index is 0.0395. The van der Waals surface area contributed by atoms with E-state index in [9.17, 15) is 9.59 Å². The van der Waals surface area contributed by atoms with Gasteiger partial charge in [-0.1, -0.05) is 0 Å². The van der Waals surface area contributed by atoms with Gasteiger partial charge in [0.1, 0.15) is 11.9 Å². The van der Waals surface area contributed by atoms with Gasteiger partial charge in [0.25, 0.3) is 0 Å². The second kappa shape index (κ2) is 6.79. The van der Waals surface area contributed by atoms with Crippen molar-refractivity contribution < 1.29 is 9.59 Å². The Morgan fingerprint density at radius 2 is 2.29 bits per heavy atom. The Morgan fingerprint density at radius 3 is 2.76 bits per heavy atom. The molecule has 1 fully saturated rings. The molecule has 1 aromatic rings. The third kappa shape index (κ3) is 3.40. The Morgan fingerprint density at radius 1 is 1.57 bits per heavy atom. The molecule has 0 saturated carbocycles. The summed E-state index contributed by atoms with van der Waals surface area (Å²) < 4.78 is 0. The SMILES string of the molecule is Cc1ccsc1CN(C(=O)CCl)C1CCN(C(C)C)C1=O. The van der Waals surface area contributed by atoms with Crippen molar-refractivity contribution in [3.05, 3.63) is 21.9 Å². The number of halogens is 1. The van der Waals surface area contributed by atoms with Crippen molar-refractivity contribution in [2.24, 2.45) is 0 Å². The zero-order valence-corrected chi connectivity index (χ0v) is 14.2. The maximum Gasteiger partial charge on any atom is 0.245 e. The standard InChI is InChI=1S/C15H21ClN2O2S/c1-10(2)17-6-4-12(15(17)20)18(14(19)8-16)9-13-11(3)5-7-21-13/h5,7,10,12H,4,6,8-9H2,1-3H3. The highest BCUT2D eigenvalue weighted by molar-refractivity contribution is 7.10. The van der Waals surface area contributed by atoms with Crippen LogP contribution in [0.4, 0.5) is 0 Å². The number of amides is 2. The maximum atomic E-state index is 12.5. The van der Waals surface area contributed by atoms with Crippen LogP contribution in [0.15, 0.2) is 11.4 Å². The molecule has 0 aliphatic carbocycles. The molecule has 0 spiro atoms. The first kappa shape index (κ1) is 16.3. The van der Waals surface area contributed by atoms with Gasteiger partial charge >= 0.3 is 0 Å². The molecule has 21 heavy (non-hydrogen) atoms. The molecule has 1 aliphatic rings. The lowest BCUT2D eigenvalue weighted by Crippen LogP contribution is -2.46. The van der Waals surface area contributed by atoms with E-state index in [0.29, 0.717) is 19.5 Å². The van der Waals surface area contributed by atoms with Crippen LogP contribution >= 0.6 is 22.9 Å². The molecule has 1 aromatic heterocycles. The van der Waals surface area contributed by atoms with Gasteiger partial charge in [-0.2, -0.15) is 0 Å². The molecule has 4 nitrogen and oxygen atoms in total. The van der Waals surface area contributed by atoms with E-state index in [1.165, 1.54) is 0 Å². The monoisotopic (exact) mass is 328 g/mol. The molecule has 2 heterocycles. The van der Waals surface area contributed by atoms with Crippen molar-refractivity contribution >= 4 is 34.8 Å². The van der Waals surface area contributed by atoms with Gasteiger partial charge in [0.2, 0.25) is 11.8 Å². The summed E-state index contributed by atoms with van der Waals surface area (Å²) in [5.74, 6) is -0.221. The minimum atomic E-state index is -0.375. The van der Waals surface area contributed by atoms with Crippen molar-refractivity contribution in [2.75, 3.05) is 12.4 Å². The number of carbonyl (C=O) groups is 2. The fraction of sp³-hybridized carbons (Fsp3) is 0.600. The number of aryl methyl sites for hydroxylation is 1. The Bertz CT molecular complexity index is 529. The second-order valence-corrected chi connectivity index (χ2v) is 6.88. The average molecular weight is 329 g/mol. The number of nitrogens with zero attached hydrogens (tertiary/aromatic N) is 2. The van der Waals surface area contributed by atoms with E-state index in [1.54, 1.807) is 16.2 Å². The Kier molecular flexibility index (Phi) is 5.27. The van der Waals surface area contributed by atoms with Crippen LogP contribution in [0, 0.1) is 6.92 Å². The molecule has 0 radical (unpaired) electrons. The fourth-order valence-corrected chi connectivity index (χ4v) is 3.72. The third-order valence-corrected chi connectivity index (χ3v) is 5.16. The molecule has 116 valence electrons. The predicted molar refractivity (Wildman–Crippen MR) is 85.6 cm³/mol. The Hall–Kier alpha value is -1.07. The summed E-state index contributed by atoms with van der Waals surface area (Å²) in [6, 6.07) is 1.82. The van der Waals surface area contributed by atoms with E-state index in [-0.39, 0.29) is 29.8 Å². The first-order valence-corrected chi connectivity index (χ1v) is 8.56. The third-order valence-electron chi connectivity index (χ3n) is 3.93. The summed E-state index contributed by atoms with van der Waals surface area (Å²) in [5.41, 5.74) is 1.15. The highest BCUT2D eigenvalue weighted by Gasteiger charge is 2.39. The molecule has 1 atom stereocenters. The number of hydrogen-bond acceptors (Lipinski definition) is 3. The summed E-state index contributed by atoms with van der Waals surface area (Å²) in [6.07, 6.45) is 0.685. The molecule has 1 unspecified atom stereocenters. The smallest absolute Gasteiger partial charge is 0.245 e. The van der Waals surface area contributed by atoms with Gasteiger partial charge < -0.3 is 9.80 Å². The summed E-state index contributed by atoms with van der Waals surface area (Å²) in [4.78, 5) is 29.3. The summed E-state index contributed by atoms with van der Waals surface area (Å²) in [5, 5.41) is 2.00. The zero-order valence-electron chi connectivity index (χ0n) is 12.6. The van der Waals surface area contributed by atoms with Gasteiger partial charge in [-0.3, -0.25) is 9.59 Å². The first-order valence-electron chi connectivity index (χ1n) is 7.14. The summed E-state index contributed by atoms with van der Waals surface area (Å²) in [7, 11) is 0.